The van der Waals surface area contributed by atoms with E-state index in [9.17, 15) is 0 Å². The Morgan fingerprint density at radius 1 is 1.39 bits per heavy atom. The maximum Gasteiger partial charge on any atom is 0.234 e. The Hall–Kier alpha value is -1.36. The molecule has 0 bridgehead atoms. The molecule has 100 valence electrons. The Balaban J connectivity index is 2.00. The third-order valence-corrected chi connectivity index (χ3v) is 3.23. The third-order valence-electron chi connectivity index (χ3n) is 3.23. The molecule has 0 radical (unpaired) electrons. The van der Waals surface area contributed by atoms with Crippen molar-refractivity contribution in [3.8, 4) is 5.88 Å². The van der Waals surface area contributed by atoms with Crippen molar-refractivity contribution < 1.29 is 4.74 Å². The number of ether oxygens (including phenoxy) is 1. The van der Waals surface area contributed by atoms with Gasteiger partial charge in [0.2, 0.25) is 5.88 Å². The molecule has 1 saturated heterocycles. The quantitative estimate of drug-likeness (QED) is 0.876. The predicted octanol–water partition coefficient (Wildman–Crippen LogP) is 1.44. The Kier molecular flexibility index (Phi) is 4.36. The number of anilines is 1. The summed E-state index contributed by atoms with van der Waals surface area (Å²) in [6, 6.07) is 0. The third kappa shape index (κ3) is 3.32. The van der Waals surface area contributed by atoms with Gasteiger partial charge in [0.15, 0.2) is 5.82 Å². The van der Waals surface area contributed by atoms with E-state index in [1.165, 1.54) is 0 Å². The van der Waals surface area contributed by atoms with Crippen molar-refractivity contribution in [2.75, 3.05) is 24.5 Å². The number of piperidine rings is 1. The number of aromatic nitrogens is 2. The maximum absolute atomic E-state index is 5.70. The van der Waals surface area contributed by atoms with E-state index < -0.39 is 0 Å². The van der Waals surface area contributed by atoms with Gasteiger partial charge in [0.1, 0.15) is 0 Å². The van der Waals surface area contributed by atoms with E-state index in [1.54, 1.807) is 12.4 Å². The average Bonchev–Trinajstić information content (AvgIpc) is 2.38. The first-order valence-electron chi connectivity index (χ1n) is 6.62. The molecule has 1 aliphatic heterocycles. The first-order valence-corrected chi connectivity index (χ1v) is 6.62. The summed E-state index contributed by atoms with van der Waals surface area (Å²) >= 11 is 0. The summed E-state index contributed by atoms with van der Waals surface area (Å²) in [7, 11) is 0. The van der Waals surface area contributed by atoms with Crippen molar-refractivity contribution in [1.82, 2.24) is 9.97 Å². The van der Waals surface area contributed by atoms with E-state index in [2.05, 4.69) is 14.9 Å². The van der Waals surface area contributed by atoms with Gasteiger partial charge in [-0.1, -0.05) is 0 Å². The number of hydrogen-bond acceptors (Lipinski definition) is 5. The Bertz CT molecular complexity index is 375. The molecule has 18 heavy (non-hydrogen) atoms. The summed E-state index contributed by atoms with van der Waals surface area (Å²) in [4.78, 5) is 11.0. The van der Waals surface area contributed by atoms with Crippen LogP contribution < -0.4 is 15.4 Å². The Labute approximate surface area is 108 Å². The van der Waals surface area contributed by atoms with Gasteiger partial charge in [-0.2, -0.15) is 4.98 Å². The van der Waals surface area contributed by atoms with E-state index in [4.69, 9.17) is 10.5 Å². The van der Waals surface area contributed by atoms with Gasteiger partial charge in [-0.15, -0.1) is 0 Å². The number of nitrogens with zero attached hydrogens (tertiary/aromatic N) is 3. The lowest BCUT2D eigenvalue weighted by atomic mass is 9.97. The van der Waals surface area contributed by atoms with E-state index in [0.717, 1.165) is 38.3 Å². The van der Waals surface area contributed by atoms with Crippen molar-refractivity contribution in [3.63, 3.8) is 0 Å². The van der Waals surface area contributed by atoms with Crippen LogP contribution in [-0.4, -0.2) is 35.7 Å². The van der Waals surface area contributed by atoms with Crippen molar-refractivity contribution in [1.29, 1.82) is 0 Å². The van der Waals surface area contributed by atoms with Crippen LogP contribution in [0.1, 0.15) is 26.7 Å². The second-order valence-electron chi connectivity index (χ2n) is 5.05. The van der Waals surface area contributed by atoms with E-state index >= 15 is 0 Å². The topological polar surface area (TPSA) is 64.3 Å². The van der Waals surface area contributed by atoms with Crippen LogP contribution in [0.25, 0.3) is 0 Å². The van der Waals surface area contributed by atoms with Gasteiger partial charge in [0.05, 0.1) is 18.5 Å². The standard InChI is InChI=1S/C13H22N4O/c1-10(2)18-13-9-15-8-12(16-13)17-5-3-11(7-14)4-6-17/h8-11H,3-7,14H2,1-2H3. The van der Waals surface area contributed by atoms with E-state index in [1.807, 2.05) is 13.8 Å². The van der Waals surface area contributed by atoms with Crippen LogP contribution in [0, 0.1) is 5.92 Å². The summed E-state index contributed by atoms with van der Waals surface area (Å²) in [5.41, 5.74) is 5.70. The normalized spacial score (nSPS) is 17.2. The van der Waals surface area contributed by atoms with Gasteiger partial charge in [0.25, 0.3) is 0 Å². The molecule has 5 heteroatoms. The van der Waals surface area contributed by atoms with Crippen LogP contribution >= 0.6 is 0 Å². The lowest BCUT2D eigenvalue weighted by molar-refractivity contribution is 0.231. The highest BCUT2D eigenvalue weighted by molar-refractivity contribution is 5.38. The van der Waals surface area contributed by atoms with Crippen LogP contribution in [0.15, 0.2) is 12.4 Å². The maximum atomic E-state index is 5.70. The molecule has 0 saturated carbocycles. The fraction of sp³-hybridized carbons (Fsp3) is 0.692. The fourth-order valence-corrected chi connectivity index (χ4v) is 2.19. The highest BCUT2D eigenvalue weighted by Crippen LogP contribution is 2.22. The minimum atomic E-state index is 0.123. The van der Waals surface area contributed by atoms with Crippen LogP contribution in [0.5, 0.6) is 5.88 Å². The lowest BCUT2D eigenvalue weighted by Crippen LogP contribution is -2.36. The van der Waals surface area contributed by atoms with Gasteiger partial charge >= 0.3 is 0 Å². The molecular formula is C13H22N4O. The first kappa shape index (κ1) is 13.1. The molecule has 1 fully saturated rings. The minimum Gasteiger partial charge on any atom is -0.474 e. The lowest BCUT2D eigenvalue weighted by Gasteiger charge is -2.32. The SMILES string of the molecule is CC(C)Oc1cncc(N2CCC(CN)CC2)n1. The molecule has 2 heterocycles. The Morgan fingerprint density at radius 2 is 2.11 bits per heavy atom. The number of nitrogens with two attached hydrogens (primary N) is 1. The van der Waals surface area contributed by atoms with Gasteiger partial charge in [0, 0.05) is 13.1 Å². The molecule has 0 spiro atoms. The first-order chi connectivity index (χ1) is 8.69. The molecule has 0 unspecified atom stereocenters. The molecule has 5 nitrogen and oxygen atoms in total. The highest BCUT2D eigenvalue weighted by Gasteiger charge is 2.19. The molecule has 1 aromatic rings. The van der Waals surface area contributed by atoms with Gasteiger partial charge in [-0.3, -0.25) is 4.98 Å². The smallest absolute Gasteiger partial charge is 0.234 e. The second-order valence-corrected chi connectivity index (χ2v) is 5.05. The molecule has 2 N–H and O–H groups in total. The zero-order chi connectivity index (χ0) is 13.0. The summed E-state index contributed by atoms with van der Waals surface area (Å²) in [6.45, 7) is 6.77. The molecule has 2 rings (SSSR count). The van der Waals surface area contributed by atoms with E-state index in [0.29, 0.717) is 11.8 Å². The van der Waals surface area contributed by atoms with Crippen LogP contribution in [0.4, 0.5) is 5.82 Å². The summed E-state index contributed by atoms with van der Waals surface area (Å²) < 4.78 is 5.57. The zero-order valence-corrected chi connectivity index (χ0v) is 11.2. The van der Waals surface area contributed by atoms with Gasteiger partial charge in [-0.05, 0) is 39.2 Å². The second kappa shape index (κ2) is 6.00. The predicted molar refractivity (Wildman–Crippen MR) is 71.8 cm³/mol. The summed E-state index contributed by atoms with van der Waals surface area (Å²) in [5, 5.41) is 0. The zero-order valence-electron chi connectivity index (χ0n) is 11.2. The molecular weight excluding hydrogens is 228 g/mol. The summed E-state index contributed by atoms with van der Waals surface area (Å²) in [6.07, 6.45) is 5.85. The fourth-order valence-electron chi connectivity index (χ4n) is 2.19. The van der Waals surface area contributed by atoms with Crippen LogP contribution in [0.3, 0.4) is 0 Å². The molecule has 0 aliphatic carbocycles. The van der Waals surface area contributed by atoms with E-state index in [-0.39, 0.29) is 6.10 Å². The van der Waals surface area contributed by atoms with Crippen molar-refractivity contribution in [3.05, 3.63) is 12.4 Å². The van der Waals surface area contributed by atoms with Gasteiger partial charge in [-0.25, -0.2) is 0 Å². The molecule has 1 aromatic heterocycles. The van der Waals surface area contributed by atoms with Crippen molar-refractivity contribution in [2.24, 2.45) is 11.7 Å². The number of rotatable bonds is 4. The Morgan fingerprint density at radius 3 is 2.72 bits per heavy atom. The summed E-state index contributed by atoms with van der Waals surface area (Å²) in [5.74, 6) is 2.16. The molecule has 0 aromatic carbocycles. The van der Waals surface area contributed by atoms with Crippen molar-refractivity contribution in [2.45, 2.75) is 32.8 Å². The highest BCUT2D eigenvalue weighted by atomic mass is 16.5. The van der Waals surface area contributed by atoms with Gasteiger partial charge < -0.3 is 15.4 Å². The van der Waals surface area contributed by atoms with Crippen LogP contribution in [0.2, 0.25) is 0 Å². The molecule has 0 amide bonds. The largest absolute Gasteiger partial charge is 0.474 e. The van der Waals surface area contributed by atoms with Crippen molar-refractivity contribution >= 4 is 5.82 Å². The number of hydrogen-bond donors (Lipinski definition) is 1. The average molecular weight is 250 g/mol. The monoisotopic (exact) mass is 250 g/mol. The van der Waals surface area contributed by atoms with Crippen LogP contribution in [-0.2, 0) is 0 Å². The molecule has 1 aliphatic rings. The minimum absolute atomic E-state index is 0.123. The molecule has 0 atom stereocenters.